The van der Waals surface area contributed by atoms with Crippen LogP contribution >= 0.6 is 23.2 Å². The molecule has 0 aliphatic carbocycles. The molecule has 0 radical (unpaired) electrons. The highest BCUT2D eigenvalue weighted by Crippen LogP contribution is 2.23. The van der Waals surface area contributed by atoms with Crippen molar-refractivity contribution in [3.8, 4) is 0 Å². The molecule has 0 bridgehead atoms. The molecule has 17 heavy (non-hydrogen) atoms. The van der Waals surface area contributed by atoms with Crippen LogP contribution in [0.25, 0.3) is 0 Å². The van der Waals surface area contributed by atoms with Gasteiger partial charge in [0.15, 0.2) is 0 Å². The van der Waals surface area contributed by atoms with Crippen LogP contribution in [0.5, 0.6) is 0 Å². The predicted octanol–water partition coefficient (Wildman–Crippen LogP) is 2.79. The third-order valence-electron chi connectivity index (χ3n) is 2.33. The second kappa shape index (κ2) is 7.19. The Morgan fingerprint density at radius 3 is 2.53 bits per heavy atom. The van der Waals surface area contributed by atoms with Crippen LogP contribution in [0, 0.1) is 0 Å². The van der Waals surface area contributed by atoms with E-state index >= 15 is 0 Å². The van der Waals surface area contributed by atoms with Gasteiger partial charge in [0, 0.05) is 6.04 Å². The number of hydrogen-bond donors (Lipinski definition) is 2. The van der Waals surface area contributed by atoms with Crippen LogP contribution in [-0.2, 0) is 11.2 Å². The van der Waals surface area contributed by atoms with Crippen LogP contribution in [0.4, 0.5) is 0 Å². The van der Waals surface area contributed by atoms with Crippen LogP contribution in [0.3, 0.4) is 0 Å². The Kier molecular flexibility index (Phi) is 6.23. The molecule has 0 heterocycles. The van der Waals surface area contributed by atoms with E-state index in [1.54, 1.807) is 6.07 Å². The van der Waals surface area contributed by atoms with E-state index in [0.717, 1.165) is 12.0 Å². The summed E-state index contributed by atoms with van der Waals surface area (Å²) in [5.74, 6) is 5.49. The van der Waals surface area contributed by atoms with Crippen molar-refractivity contribution in [1.29, 1.82) is 0 Å². The smallest absolute Gasteiger partial charge is 0.0639 e. The summed E-state index contributed by atoms with van der Waals surface area (Å²) in [7, 11) is 0. The minimum atomic E-state index is 0.0645. The number of hydrogen-bond acceptors (Lipinski definition) is 3. The Morgan fingerprint density at radius 1 is 1.29 bits per heavy atom. The Morgan fingerprint density at radius 2 is 2.00 bits per heavy atom. The van der Waals surface area contributed by atoms with E-state index in [9.17, 15) is 0 Å². The van der Waals surface area contributed by atoms with Crippen LogP contribution in [-0.4, -0.2) is 18.8 Å². The molecule has 96 valence electrons. The van der Waals surface area contributed by atoms with Crippen molar-refractivity contribution in [1.82, 2.24) is 5.43 Å². The molecule has 0 aliphatic rings. The zero-order chi connectivity index (χ0) is 12.8. The highest BCUT2D eigenvalue weighted by molar-refractivity contribution is 6.42. The van der Waals surface area contributed by atoms with E-state index in [4.69, 9.17) is 33.8 Å². The quantitative estimate of drug-likeness (QED) is 0.621. The van der Waals surface area contributed by atoms with Gasteiger partial charge in [-0.25, -0.2) is 0 Å². The number of ether oxygens (including phenoxy) is 1. The lowest BCUT2D eigenvalue weighted by Gasteiger charge is -2.18. The molecule has 0 saturated carbocycles. The molecular formula is C12H18Cl2N2O. The van der Waals surface area contributed by atoms with Gasteiger partial charge in [-0.3, -0.25) is 11.3 Å². The van der Waals surface area contributed by atoms with E-state index in [1.807, 2.05) is 26.0 Å². The number of nitrogens with one attached hydrogen (secondary N) is 1. The molecule has 1 aromatic rings. The zero-order valence-electron chi connectivity index (χ0n) is 10.0. The van der Waals surface area contributed by atoms with Crippen LogP contribution in [0.1, 0.15) is 19.4 Å². The van der Waals surface area contributed by atoms with E-state index in [-0.39, 0.29) is 12.1 Å². The Bertz CT molecular complexity index is 358. The van der Waals surface area contributed by atoms with Crippen molar-refractivity contribution < 1.29 is 4.74 Å². The van der Waals surface area contributed by atoms with Crippen molar-refractivity contribution in [2.75, 3.05) is 6.61 Å². The van der Waals surface area contributed by atoms with Gasteiger partial charge in [-0.15, -0.1) is 0 Å². The van der Waals surface area contributed by atoms with Crippen molar-refractivity contribution in [3.05, 3.63) is 33.8 Å². The summed E-state index contributed by atoms with van der Waals surface area (Å²) >= 11 is 11.8. The third-order valence-corrected chi connectivity index (χ3v) is 3.07. The topological polar surface area (TPSA) is 47.3 Å². The van der Waals surface area contributed by atoms with Gasteiger partial charge in [0.05, 0.1) is 22.8 Å². The molecule has 1 rings (SSSR count). The van der Waals surface area contributed by atoms with Crippen LogP contribution < -0.4 is 11.3 Å². The number of benzene rings is 1. The summed E-state index contributed by atoms with van der Waals surface area (Å²) in [6.45, 7) is 4.55. The van der Waals surface area contributed by atoms with Gasteiger partial charge in [-0.1, -0.05) is 29.3 Å². The molecule has 3 nitrogen and oxygen atoms in total. The van der Waals surface area contributed by atoms with Crippen LogP contribution in [0.15, 0.2) is 18.2 Å². The molecule has 1 aromatic carbocycles. The van der Waals surface area contributed by atoms with Gasteiger partial charge < -0.3 is 4.74 Å². The summed E-state index contributed by atoms with van der Waals surface area (Å²) < 4.78 is 5.52. The van der Waals surface area contributed by atoms with E-state index < -0.39 is 0 Å². The average molecular weight is 277 g/mol. The SMILES string of the molecule is CC(C)OCC(Cc1ccc(Cl)c(Cl)c1)NN. The lowest BCUT2D eigenvalue weighted by Crippen LogP contribution is -2.40. The number of hydrazine groups is 1. The first-order valence-electron chi connectivity index (χ1n) is 5.54. The van der Waals surface area contributed by atoms with Crippen molar-refractivity contribution >= 4 is 23.2 Å². The van der Waals surface area contributed by atoms with Gasteiger partial charge in [0.1, 0.15) is 0 Å². The molecule has 3 N–H and O–H groups in total. The van der Waals surface area contributed by atoms with Gasteiger partial charge in [0.2, 0.25) is 0 Å². The van der Waals surface area contributed by atoms with Crippen molar-refractivity contribution in [3.63, 3.8) is 0 Å². The molecule has 0 saturated heterocycles. The molecule has 0 amide bonds. The average Bonchev–Trinajstić information content (AvgIpc) is 2.28. The molecular weight excluding hydrogens is 259 g/mol. The summed E-state index contributed by atoms with van der Waals surface area (Å²) in [6.07, 6.45) is 0.944. The van der Waals surface area contributed by atoms with E-state index in [1.165, 1.54) is 0 Å². The monoisotopic (exact) mass is 276 g/mol. The standard InChI is InChI=1S/C12H18Cl2N2O/c1-8(2)17-7-10(16-15)5-9-3-4-11(13)12(14)6-9/h3-4,6,8,10,16H,5,7,15H2,1-2H3. The number of rotatable bonds is 6. The first-order valence-corrected chi connectivity index (χ1v) is 6.30. The van der Waals surface area contributed by atoms with E-state index in [0.29, 0.717) is 16.7 Å². The molecule has 0 fully saturated rings. The molecule has 0 aliphatic heterocycles. The van der Waals surface area contributed by atoms with Gasteiger partial charge >= 0.3 is 0 Å². The zero-order valence-corrected chi connectivity index (χ0v) is 11.6. The number of halogens is 2. The molecule has 0 spiro atoms. The van der Waals surface area contributed by atoms with E-state index in [2.05, 4.69) is 5.43 Å². The van der Waals surface area contributed by atoms with Gasteiger partial charge in [-0.05, 0) is 38.0 Å². The summed E-state index contributed by atoms with van der Waals surface area (Å²) in [4.78, 5) is 0. The maximum atomic E-state index is 5.95. The maximum Gasteiger partial charge on any atom is 0.0639 e. The minimum absolute atomic E-state index is 0.0645. The first-order chi connectivity index (χ1) is 8.02. The minimum Gasteiger partial charge on any atom is -0.377 e. The molecule has 1 atom stereocenters. The predicted molar refractivity (Wildman–Crippen MR) is 72.4 cm³/mol. The molecule has 5 heteroatoms. The summed E-state index contributed by atoms with van der Waals surface area (Å²) in [5.41, 5.74) is 3.82. The van der Waals surface area contributed by atoms with Crippen molar-refractivity contribution in [2.45, 2.75) is 32.4 Å². The highest BCUT2D eigenvalue weighted by Gasteiger charge is 2.10. The Hall–Kier alpha value is -0.320. The first kappa shape index (κ1) is 14.7. The summed E-state index contributed by atoms with van der Waals surface area (Å²) in [6, 6.07) is 5.64. The van der Waals surface area contributed by atoms with Gasteiger partial charge in [-0.2, -0.15) is 0 Å². The summed E-state index contributed by atoms with van der Waals surface area (Å²) in [5, 5.41) is 1.12. The third kappa shape index (κ3) is 5.23. The largest absolute Gasteiger partial charge is 0.377 e. The Balaban J connectivity index is 2.57. The second-order valence-corrected chi connectivity index (χ2v) is 5.01. The Labute approximate surface area is 112 Å². The molecule has 1 unspecified atom stereocenters. The fraction of sp³-hybridized carbons (Fsp3) is 0.500. The van der Waals surface area contributed by atoms with Crippen molar-refractivity contribution in [2.24, 2.45) is 5.84 Å². The fourth-order valence-corrected chi connectivity index (χ4v) is 1.75. The van der Waals surface area contributed by atoms with Gasteiger partial charge in [0.25, 0.3) is 0 Å². The fourth-order valence-electron chi connectivity index (χ4n) is 1.43. The normalized spacial score (nSPS) is 13.1. The number of nitrogens with two attached hydrogens (primary N) is 1. The molecule has 0 aromatic heterocycles. The highest BCUT2D eigenvalue weighted by atomic mass is 35.5. The van der Waals surface area contributed by atoms with Crippen LogP contribution in [0.2, 0.25) is 10.0 Å². The second-order valence-electron chi connectivity index (χ2n) is 4.20. The maximum absolute atomic E-state index is 5.95. The lowest BCUT2D eigenvalue weighted by atomic mass is 10.1. The lowest BCUT2D eigenvalue weighted by molar-refractivity contribution is 0.0613.